The number of amides is 1. The molecule has 2 aliphatic rings. The molecule has 0 radical (unpaired) electrons. The summed E-state index contributed by atoms with van der Waals surface area (Å²) in [5.74, 6) is 0.0685. The number of fused-ring (bicyclic) bond motifs is 1. The average Bonchev–Trinajstić information content (AvgIpc) is 2.75. The highest BCUT2D eigenvalue weighted by atomic mass is 32.2. The Balaban J connectivity index is 1.80. The summed E-state index contributed by atoms with van der Waals surface area (Å²) in [5, 5.41) is 13.0. The van der Waals surface area contributed by atoms with E-state index in [2.05, 4.69) is 22.0 Å². The zero-order chi connectivity index (χ0) is 23.3. The summed E-state index contributed by atoms with van der Waals surface area (Å²) in [5.41, 5.74) is 12.3. The lowest BCUT2D eigenvalue weighted by atomic mass is 9.96. The number of para-hydroxylation sites is 1. The number of nitrogens with two attached hydrogens (primary N) is 2. The summed E-state index contributed by atoms with van der Waals surface area (Å²) < 4.78 is 29.3. The molecule has 1 fully saturated rings. The summed E-state index contributed by atoms with van der Waals surface area (Å²) in [7, 11) is -3.96. The van der Waals surface area contributed by atoms with Crippen LogP contribution >= 0.6 is 0 Å². The first-order valence-corrected chi connectivity index (χ1v) is 12.6. The van der Waals surface area contributed by atoms with Gasteiger partial charge in [0.1, 0.15) is 10.9 Å². The number of sulfonamides is 1. The molecule has 0 aliphatic carbocycles. The minimum atomic E-state index is -3.96. The summed E-state index contributed by atoms with van der Waals surface area (Å²) in [6.07, 6.45) is 2.02. The van der Waals surface area contributed by atoms with Crippen molar-refractivity contribution in [1.82, 2.24) is 9.62 Å². The lowest BCUT2D eigenvalue weighted by Gasteiger charge is -2.33. The highest BCUT2D eigenvalue weighted by molar-refractivity contribution is 7.89. The van der Waals surface area contributed by atoms with E-state index in [0.717, 1.165) is 12.0 Å². The van der Waals surface area contributed by atoms with Crippen LogP contribution < -0.4 is 21.5 Å². The summed E-state index contributed by atoms with van der Waals surface area (Å²) in [6.45, 7) is 3.89. The maximum Gasteiger partial charge on any atom is 0.243 e. The lowest BCUT2D eigenvalue weighted by molar-refractivity contribution is -0.135. The monoisotopic (exact) mass is 466 g/mol. The standard InChI is InChI=1S/C21H34N6O4S/c1-14-12-15-4-2-6-18(19(15)25-13-14)32(30,31)26-17(5-3-9-24-21(22)23)20(29)27-10-7-16(28)8-11-27/h2,4,6,14,16-17,25-26,28H,3,5,7-13H2,1H3,(H4,22,23,24)/t14?,17-/m0/s1. The van der Waals surface area contributed by atoms with Gasteiger partial charge in [0.15, 0.2) is 5.96 Å². The molecule has 0 spiro atoms. The van der Waals surface area contributed by atoms with Gasteiger partial charge in [-0.1, -0.05) is 19.1 Å². The van der Waals surface area contributed by atoms with Crippen molar-refractivity contribution in [2.45, 2.75) is 56.1 Å². The van der Waals surface area contributed by atoms with Crippen molar-refractivity contribution in [3.05, 3.63) is 23.8 Å². The molecule has 178 valence electrons. The highest BCUT2D eigenvalue weighted by Crippen LogP contribution is 2.31. The minimum absolute atomic E-state index is 0.0466. The third-order valence-corrected chi connectivity index (χ3v) is 7.43. The van der Waals surface area contributed by atoms with Gasteiger partial charge in [-0.25, -0.2) is 8.42 Å². The molecule has 11 heteroatoms. The second kappa shape index (κ2) is 10.5. The number of aliphatic hydroxyl groups excluding tert-OH is 1. The van der Waals surface area contributed by atoms with Crippen molar-refractivity contribution in [3.63, 3.8) is 0 Å². The van der Waals surface area contributed by atoms with Gasteiger partial charge in [-0.05, 0) is 49.7 Å². The number of hydrogen-bond acceptors (Lipinski definition) is 6. The molecular weight excluding hydrogens is 432 g/mol. The van der Waals surface area contributed by atoms with E-state index in [1.807, 2.05) is 6.07 Å². The van der Waals surface area contributed by atoms with Gasteiger partial charge in [0.05, 0.1) is 11.8 Å². The third kappa shape index (κ3) is 6.11. The van der Waals surface area contributed by atoms with Crippen LogP contribution in [0, 0.1) is 5.92 Å². The number of carbonyl (C=O) groups is 1. The fourth-order valence-corrected chi connectivity index (χ4v) is 5.64. The molecule has 0 aromatic heterocycles. The number of carbonyl (C=O) groups excluding carboxylic acids is 1. The summed E-state index contributed by atoms with van der Waals surface area (Å²) in [4.78, 5) is 18.9. The molecule has 2 heterocycles. The number of nitrogens with one attached hydrogen (secondary N) is 2. The van der Waals surface area contributed by atoms with Crippen LogP contribution in [0.25, 0.3) is 0 Å². The second-order valence-electron chi connectivity index (χ2n) is 8.66. The Bertz CT molecular complexity index is 940. The Kier molecular flexibility index (Phi) is 7.96. The first-order chi connectivity index (χ1) is 15.2. The Hall–Kier alpha value is -2.37. The van der Waals surface area contributed by atoms with Crippen molar-refractivity contribution in [2.24, 2.45) is 22.4 Å². The van der Waals surface area contributed by atoms with Crippen LogP contribution in [-0.2, 0) is 21.2 Å². The molecule has 7 N–H and O–H groups in total. The zero-order valence-electron chi connectivity index (χ0n) is 18.5. The summed E-state index contributed by atoms with van der Waals surface area (Å²) in [6, 6.07) is 4.27. The van der Waals surface area contributed by atoms with Gasteiger partial charge in [0.25, 0.3) is 0 Å². The number of benzene rings is 1. The fraction of sp³-hybridized carbons (Fsp3) is 0.619. The molecule has 1 aromatic carbocycles. The van der Waals surface area contributed by atoms with Gasteiger partial charge in [-0.15, -0.1) is 0 Å². The molecule has 32 heavy (non-hydrogen) atoms. The van der Waals surface area contributed by atoms with E-state index < -0.39 is 22.2 Å². The van der Waals surface area contributed by atoms with Crippen molar-refractivity contribution >= 4 is 27.6 Å². The normalized spacial score (nSPS) is 20.2. The van der Waals surface area contributed by atoms with E-state index in [4.69, 9.17) is 11.5 Å². The van der Waals surface area contributed by atoms with Gasteiger partial charge < -0.3 is 26.8 Å². The highest BCUT2D eigenvalue weighted by Gasteiger charge is 2.32. The third-order valence-electron chi connectivity index (χ3n) is 5.91. The molecule has 1 unspecified atom stereocenters. The van der Waals surface area contributed by atoms with Crippen LogP contribution in [-0.4, -0.2) is 68.6 Å². The summed E-state index contributed by atoms with van der Waals surface area (Å²) >= 11 is 0. The zero-order valence-corrected chi connectivity index (χ0v) is 19.3. The maximum absolute atomic E-state index is 13.3. The van der Waals surface area contributed by atoms with E-state index in [9.17, 15) is 18.3 Å². The number of nitrogens with zero attached hydrogens (tertiary/aromatic N) is 2. The van der Waals surface area contributed by atoms with E-state index in [1.54, 1.807) is 17.0 Å². The fourth-order valence-electron chi connectivity index (χ4n) is 4.19. The number of rotatable bonds is 8. The van der Waals surface area contributed by atoms with Crippen molar-refractivity contribution in [2.75, 3.05) is 31.5 Å². The lowest BCUT2D eigenvalue weighted by Crippen LogP contribution is -2.51. The largest absolute Gasteiger partial charge is 0.393 e. The van der Waals surface area contributed by atoms with Crippen LogP contribution in [0.3, 0.4) is 0 Å². The van der Waals surface area contributed by atoms with Gasteiger partial charge in [0.2, 0.25) is 15.9 Å². The first-order valence-electron chi connectivity index (χ1n) is 11.1. The Morgan fingerprint density at radius 3 is 2.75 bits per heavy atom. The predicted octanol–water partition coefficient (Wildman–Crippen LogP) is -0.0255. The SMILES string of the molecule is CC1CNc2c(cccc2S(=O)(=O)N[C@@H](CCCN=C(N)N)C(=O)N2CCC(O)CC2)C1. The number of aliphatic hydroxyl groups is 1. The van der Waals surface area contributed by atoms with Gasteiger partial charge in [-0.3, -0.25) is 9.79 Å². The smallest absolute Gasteiger partial charge is 0.243 e. The van der Waals surface area contributed by atoms with E-state index in [1.165, 1.54) is 0 Å². The number of piperidine rings is 1. The number of guanidine groups is 1. The van der Waals surface area contributed by atoms with Gasteiger partial charge >= 0.3 is 0 Å². The van der Waals surface area contributed by atoms with Crippen LogP contribution in [0.1, 0.15) is 38.2 Å². The van der Waals surface area contributed by atoms with E-state index in [0.29, 0.717) is 57.0 Å². The molecule has 2 aliphatic heterocycles. The van der Waals surface area contributed by atoms with Crippen molar-refractivity contribution < 1.29 is 18.3 Å². The molecule has 0 bridgehead atoms. The minimum Gasteiger partial charge on any atom is -0.393 e. The Labute approximate surface area is 189 Å². The molecule has 10 nitrogen and oxygen atoms in total. The average molecular weight is 467 g/mol. The molecule has 3 rings (SSSR count). The molecule has 1 saturated heterocycles. The Morgan fingerprint density at radius 2 is 2.06 bits per heavy atom. The van der Waals surface area contributed by atoms with E-state index in [-0.39, 0.29) is 23.2 Å². The van der Waals surface area contributed by atoms with Crippen molar-refractivity contribution in [1.29, 1.82) is 0 Å². The maximum atomic E-state index is 13.3. The molecule has 1 aromatic rings. The topological polar surface area (TPSA) is 163 Å². The Morgan fingerprint density at radius 1 is 1.34 bits per heavy atom. The van der Waals surface area contributed by atoms with Crippen LogP contribution in [0.5, 0.6) is 0 Å². The number of hydrogen-bond donors (Lipinski definition) is 5. The molecular formula is C21H34N6O4S. The predicted molar refractivity (Wildman–Crippen MR) is 124 cm³/mol. The molecule has 1 amide bonds. The van der Waals surface area contributed by atoms with Crippen LogP contribution in [0.2, 0.25) is 0 Å². The first kappa shape index (κ1) is 24.3. The van der Waals surface area contributed by atoms with Crippen LogP contribution in [0.4, 0.5) is 5.69 Å². The number of anilines is 1. The quantitative estimate of drug-likeness (QED) is 0.204. The van der Waals surface area contributed by atoms with Crippen LogP contribution in [0.15, 0.2) is 28.1 Å². The van der Waals surface area contributed by atoms with E-state index >= 15 is 0 Å². The van der Waals surface area contributed by atoms with Crippen molar-refractivity contribution in [3.8, 4) is 0 Å². The molecule has 0 saturated carbocycles. The van der Waals surface area contributed by atoms with Gasteiger partial charge in [0, 0.05) is 26.2 Å². The number of likely N-dealkylation sites (tertiary alicyclic amines) is 1. The second-order valence-corrected chi connectivity index (χ2v) is 10.3. The molecule has 2 atom stereocenters. The number of aliphatic imine (C=N–C) groups is 1. The van der Waals surface area contributed by atoms with Gasteiger partial charge in [-0.2, -0.15) is 4.72 Å².